The van der Waals surface area contributed by atoms with Gasteiger partial charge in [-0.3, -0.25) is 0 Å². The van der Waals surface area contributed by atoms with E-state index in [-0.39, 0.29) is 76.1 Å². The zero-order valence-corrected chi connectivity index (χ0v) is 28.3. The third kappa shape index (κ3) is 8.30. The van der Waals surface area contributed by atoms with E-state index in [4.69, 9.17) is 47.6 Å². The van der Waals surface area contributed by atoms with E-state index in [1.165, 1.54) is 12.1 Å². The summed E-state index contributed by atoms with van der Waals surface area (Å²) in [5.41, 5.74) is 30.6. The lowest BCUT2D eigenvalue weighted by Gasteiger charge is -2.30. The molecule has 13 heteroatoms. The first-order valence-corrected chi connectivity index (χ1v) is 17.1. The number of rotatable bonds is 13. The van der Waals surface area contributed by atoms with Gasteiger partial charge in [-0.1, -0.05) is 65.2 Å². The summed E-state index contributed by atoms with van der Waals surface area (Å²) in [6.07, 6.45) is 6.15. The predicted octanol–water partition coefficient (Wildman–Crippen LogP) is 4.75. The maximum atomic E-state index is 13.4. The number of hydrogen-bond donors (Lipinski definition) is 7. The Morgan fingerprint density at radius 1 is 0.667 bits per heavy atom. The van der Waals surface area contributed by atoms with Gasteiger partial charge in [0.1, 0.15) is 11.1 Å². The van der Waals surface area contributed by atoms with Crippen LogP contribution in [-0.2, 0) is 9.47 Å². The van der Waals surface area contributed by atoms with Gasteiger partial charge >= 0.3 is 11.9 Å². The molecule has 0 aliphatic heterocycles. The van der Waals surface area contributed by atoms with Crippen LogP contribution in [0.2, 0.25) is 0 Å². The molecule has 0 radical (unpaired) electrons. The molecule has 0 spiro atoms. The molecule has 2 fully saturated rings. The summed E-state index contributed by atoms with van der Waals surface area (Å²) in [5.74, 6) is -0.960. The number of anilines is 5. The molecule has 2 aliphatic carbocycles. The van der Waals surface area contributed by atoms with E-state index < -0.39 is 24.5 Å². The van der Waals surface area contributed by atoms with E-state index in [0.717, 1.165) is 64.2 Å². The largest absolute Gasteiger partial charge is 0.462 e. The van der Waals surface area contributed by atoms with Crippen molar-refractivity contribution >= 4 is 40.4 Å². The molecule has 0 bridgehead atoms. The SMILES string of the molecule is CCC1CCCCC1COC(=O)c1c(N)c(C)cc(N)c1OC(O)C(O)Oc1c(N)cc(N)c(N)c1C(=O)OCC1CCCCC1CC. The third-order valence-corrected chi connectivity index (χ3v) is 10.1. The highest BCUT2D eigenvalue weighted by Gasteiger charge is 2.33. The molecule has 4 rings (SSSR count). The Bertz CT molecular complexity index is 1350. The minimum absolute atomic E-state index is 0.00623. The Morgan fingerprint density at radius 3 is 1.50 bits per heavy atom. The number of ether oxygens (including phenoxy) is 4. The summed E-state index contributed by atoms with van der Waals surface area (Å²) >= 11 is 0. The second-order valence-electron chi connectivity index (χ2n) is 13.2. The summed E-state index contributed by atoms with van der Waals surface area (Å²) in [5, 5.41) is 21.9. The fourth-order valence-corrected chi connectivity index (χ4v) is 7.17. The summed E-state index contributed by atoms with van der Waals surface area (Å²) in [4.78, 5) is 26.8. The van der Waals surface area contributed by atoms with Crippen LogP contribution in [0.15, 0.2) is 12.1 Å². The zero-order chi connectivity index (χ0) is 35.1. The molecular weight excluding hydrogens is 618 g/mol. The van der Waals surface area contributed by atoms with Crippen LogP contribution in [0.5, 0.6) is 11.5 Å². The van der Waals surface area contributed by atoms with Crippen molar-refractivity contribution in [1.29, 1.82) is 0 Å². The van der Waals surface area contributed by atoms with Gasteiger partial charge in [0.2, 0.25) is 0 Å². The van der Waals surface area contributed by atoms with Gasteiger partial charge in [-0.15, -0.1) is 0 Å². The summed E-state index contributed by atoms with van der Waals surface area (Å²) in [7, 11) is 0. The lowest BCUT2D eigenvalue weighted by atomic mass is 9.78. The van der Waals surface area contributed by atoms with E-state index in [1.54, 1.807) is 6.92 Å². The first-order valence-electron chi connectivity index (χ1n) is 17.1. The average molecular weight is 672 g/mol. The third-order valence-electron chi connectivity index (χ3n) is 10.1. The number of benzene rings is 2. The molecule has 2 aromatic rings. The molecule has 13 nitrogen and oxygen atoms in total. The number of nitrogens with two attached hydrogens (primary N) is 5. The highest BCUT2D eigenvalue weighted by atomic mass is 16.7. The first-order chi connectivity index (χ1) is 22.9. The average Bonchev–Trinajstić information content (AvgIpc) is 3.07. The molecule has 2 saturated carbocycles. The number of carbonyl (C=O) groups is 2. The molecule has 6 atom stereocenters. The van der Waals surface area contributed by atoms with Crippen LogP contribution in [0.4, 0.5) is 28.4 Å². The maximum Gasteiger partial charge on any atom is 0.344 e. The monoisotopic (exact) mass is 671 g/mol. The summed E-state index contributed by atoms with van der Waals surface area (Å²) in [6.45, 7) is 6.29. The normalized spacial score (nSPS) is 22.4. The standard InChI is InChI=1S/C35H53N5O8/c1-4-19-10-6-8-12-21(19)16-45-32(41)26-28(39)18(3)14-24(37)30(26)47-34(43)35(44)48-31-25(38)15-23(36)29(40)27(31)33(42)46-17-22-13-9-7-11-20(22)5-2/h14-15,19-22,34-35,43-44H,4-13,16-17,36-40H2,1-3H3. The Morgan fingerprint density at radius 2 is 1.06 bits per heavy atom. The smallest absolute Gasteiger partial charge is 0.344 e. The lowest BCUT2D eigenvalue weighted by Crippen LogP contribution is -2.37. The summed E-state index contributed by atoms with van der Waals surface area (Å²) < 4.78 is 22.6. The molecule has 12 N–H and O–H groups in total. The van der Waals surface area contributed by atoms with Gasteiger partial charge in [0.15, 0.2) is 11.5 Å². The Balaban J connectivity index is 1.53. The van der Waals surface area contributed by atoms with Gasteiger partial charge in [0, 0.05) is 0 Å². The fourth-order valence-electron chi connectivity index (χ4n) is 7.17. The van der Waals surface area contributed by atoms with Crippen molar-refractivity contribution in [3.05, 3.63) is 28.8 Å². The molecule has 6 unspecified atom stereocenters. The fraction of sp³-hybridized carbons (Fsp3) is 0.600. The number of aliphatic hydroxyl groups is 2. The Kier molecular flexibility index (Phi) is 12.5. The van der Waals surface area contributed by atoms with Gasteiger partial charge in [-0.25, -0.2) is 9.59 Å². The van der Waals surface area contributed by atoms with Crippen LogP contribution in [0.25, 0.3) is 0 Å². The van der Waals surface area contributed by atoms with Crippen molar-refractivity contribution in [3.63, 3.8) is 0 Å². The predicted molar refractivity (Wildman–Crippen MR) is 185 cm³/mol. The molecule has 0 saturated heterocycles. The van der Waals surface area contributed by atoms with Crippen molar-refractivity contribution in [1.82, 2.24) is 0 Å². The summed E-state index contributed by atoms with van der Waals surface area (Å²) in [6, 6.07) is 2.73. The lowest BCUT2D eigenvalue weighted by molar-refractivity contribution is -0.181. The number of aliphatic hydroxyl groups excluding tert-OH is 2. The van der Waals surface area contributed by atoms with Gasteiger partial charge < -0.3 is 57.8 Å². The maximum absolute atomic E-state index is 13.4. The van der Waals surface area contributed by atoms with Crippen LogP contribution in [-0.4, -0.2) is 47.9 Å². The van der Waals surface area contributed by atoms with Crippen LogP contribution in [0.1, 0.15) is 104 Å². The second-order valence-corrected chi connectivity index (χ2v) is 13.2. The Hall–Kier alpha value is -4.10. The van der Waals surface area contributed by atoms with Gasteiger partial charge in [-0.05, 0) is 61.1 Å². The van der Waals surface area contributed by atoms with E-state index in [1.807, 2.05) is 0 Å². The molecule has 0 amide bonds. The molecule has 2 aliphatic rings. The van der Waals surface area contributed by atoms with E-state index >= 15 is 0 Å². The molecule has 266 valence electrons. The number of aryl methyl sites for hydroxylation is 1. The minimum atomic E-state index is -2.15. The van der Waals surface area contributed by atoms with E-state index in [2.05, 4.69) is 13.8 Å². The zero-order valence-electron chi connectivity index (χ0n) is 28.3. The van der Waals surface area contributed by atoms with E-state index in [9.17, 15) is 19.8 Å². The number of carbonyl (C=O) groups excluding carboxylic acids is 2. The van der Waals surface area contributed by atoms with E-state index in [0.29, 0.717) is 17.4 Å². The van der Waals surface area contributed by atoms with Crippen molar-refractivity contribution < 1.29 is 38.7 Å². The van der Waals surface area contributed by atoms with Gasteiger partial charge in [-0.2, -0.15) is 0 Å². The molecular formula is C35H53N5O8. The van der Waals surface area contributed by atoms with Crippen molar-refractivity contribution in [2.24, 2.45) is 23.7 Å². The van der Waals surface area contributed by atoms with Crippen LogP contribution >= 0.6 is 0 Å². The highest BCUT2D eigenvalue weighted by molar-refractivity contribution is 6.03. The van der Waals surface area contributed by atoms with Gasteiger partial charge in [0.25, 0.3) is 12.6 Å². The van der Waals surface area contributed by atoms with Crippen molar-refractivity contribution in [3.8, 4) is 11.5 Å². The van der Waals surface area contributed by atoms with Crippen LogP contribution in [0.3, 0.4) is 0 Å². The first kappa shape index (κ1) is 36.7. The topological polar surface area (TPSA) is 242 Å². The number of esters is 2. The molecule has 2 aromatic carbocycles. The minimum Gasteiger partial charge on any atom is -0.462 e. The number of nitrogen functional groups attached to an aromatic ring is 5. The quantitative estimate of drug-likeness (QED) is 0.0865. The van der Waals surface area contributed by atoms with Crippen LogP contribution in [0, 0.1) is 30.6 Å². The number of hydrogen-bond acceptors (Lipinski definition) is 13. The highest BCUT2D eigenvalue weighted by Crippen LogP contribution is 2.40. The second kappa shape index (κ2) is 16.3. The molecule has 0 aromatic heterocycles. The Labute approximate surface area is 282 Å². The van der Waals surface area contributed by atoms with Gasteiger partial charge in [0.05, 0.1) is 41.7 Å². The van der Waals surface area contributed by atoms with Crippen molar-refractivity contribution in [2.75, 3.05) is 41.9 Å². The van der Waals surface area contributed by atoms with Crippen molar-refractivity contribution in [2.45, 2.75) is 97.6 Å². The molecule has 0 heterocycles. The van der Waals surface area contributed by atoms with Crippen LogP contribution < -0.4 is 38.1 Å². The molecule has 48 heavy (non-hydrogen) atoms.